The van der Waals surface area contributed by atoms with Gasteiger partial charge in [-0.2, -0.15) is 0 Å². The number of aliphatic carboxylic acids is 1. The lowest BCUT2D eigenvalue weighted by molar-refractivity contribution is -0.136. The van der Waals surface area contributed by atoms with Crippen molar-refractivity contribution in [2.75, 3.05) is 0 Å². The van der Waals surface area contributed by atoms with Crippen LogP contribution in [0.4, 0.5) is 0 Å². The highest BCUT2D eigenvalue weighted by atomic mass is 16.4. The quantitative estimate of drug-likeness (QED) is 0.407. The Morgan fingerprint density at radius 1 is 0.879 bits per heavy atom. The van der Waals surface area contributed by atoms with Gasteiger partial charge in [0, 0.05) is 11.8 Å². The third-order valence-corrected chi connectivity index (χ3v) is 8.25. The average molecular weight is 451 g/mol. The Labute approximate surface area is 200 Å². The number of aliphatic hydroxyl groups is 1. The van der Waals surface area contributed by atoms with Crippen LogP contribution in [-0.2, 0) is 23.1 Å². The van der Waals surface area contributed by atoms with Gasteiger partial charge >= 0.3 is 5.97 Å². The molecule has 0 amide bonds. The third kappa shape index (κ3) is 5.87. The van der Waals surface area contributed by atoms with Crippen LogP contribution in [-0.4, -0.2) is 21.8 Å². The Bertz CT molecular complexity index is 949. The fourth-order valence-electron chi connectivity index (χ4n) is 5.85. The molecule has 3 heteroatoms. The summed E-state index contributed by atoms with van der Waals surface area (Å²) in [5.41, 5.74) is 7.09. The Hall–Kier alpha value is -2.13. The summed E-state index contributed by atoms with van der Waals surface area (Å²) in [6, 6.07) is 13.5. The van der Waals surface area contributed by atoms with E-state index in [1.54, 1.807) is 0 Å². The fourth-order valence-corrected chi connectivity index (χ4v) is 5.85. The Kier molecular flexibility index (Phi) is 8.39. The summed E-state index contributed by atoms with van der Waals surface area (Å²) in [6.07, 6.45) is 10.0. The van der Waals surface area contributed by atoms with Gasteiger partial charge < -0.3 is 10.2 Å². The second kappa shape index (κ2) is 10.9. The van der Waals surface area contributed by atoms with Crippen LogP contribution in [0.15, 0.2) is 36.4 Å². The molecule has 0 heterocycles. The predicted molar refractivity (Wildman–Crippen MR) is 136 cm³/mol. The normalized spacial score (nSPS) is 16.0. The van der Waals surface area contributed by atoms with E-state index in [4.69, 9.17) is 5.11 Å². The minimum atomic E-state index is -0.749. The first-order valence-corrected chi connectivity index (χ1v) is 12.9. The molecule has 0 spiro atoms. The van der Waals surface area contributed by atoms with E-state index < -0.39 is 11.6 Å². The summed E-state index contributed by atoms with van der Waals surface area (Å²) in [6.45, 7) is 8.83. The van der Waals surface area contributed by atoms with Crippen molar-refractivity contribution in [3.63, 3.8) is 0 Å². The van der Waals surface area contributed by atoms with E-state index in [9.17, 15) is 9.90 Å². The minimum absolute atomic E-state index is 0.0546. The van der Waals surface area contributed by atoms with Crippen LogP contribution in [0.25, 0.3) is 0 Å². The molecule has 33 heavy (non-hydrogen) atoms. The molecule has 3 nitrogen and oxygen atoms in total. The van der Waals surface area contributed by atoms with Gasteiger partial charge in [-0.1, -0.05) is 69.5 Å². The molecule has 0 radical (unpaired) electrons. The van der Waals surface area contributed by atoms with E-state index >= 15 is 0 Å². The summed E-state index contributed by atoms with van der Waals surface area (Å²) in [7, 11) is 0. The van der Waals surface area contributed by atoms with Crippen LogP contribution >= 0.6 is 0 Å². The van der Waals surface area contributed by atoms with E-state index in [2.05, 4.69) is 64.1 Å². The van der Waals surface area contributed by atoms with E-state index in [0.717, 1.165) is 56.9 Å². The molecule has 0 bridgehead atoms. The molecule has 2 aromatic rings. The minimum Gasteiger partial charge on any atom is -0.481 e. The molecule has 0 unspecified atom stereocenters. The highest BCUT2D eigenvalue weighted by molar-refractivity contribution is 5.67. The van der Waals surface area contributed by atoms with Crippen molar-refractivity contribution in [3.05, 3.63) is 69.8 Å². The topological polar surface area (TPSA) is 57.5 Å². The van der Waals surface area contributed by atoms with Crippen LogP contribution in [0.5, 0.6) is 0 Å². The van der Waals surface area contributed by atoms with Crippen molar-refractivity contribution in [1.82, 2.24) is 0 Å². The van der Waals surface area contributed by atoms with Gasteiger partial charge in [-0.25, -0.2) is 0 Å². The lowest BCUT2D eigenvalue weighted by Gasteiger charge is -2.35. The van der Waals surface area contributed by atoms with Crippen molar-refractivity contribution in [3.8, 4) is 0 Å². The van der Waals surface area contributed by atoms with Gasteiger partial charge in [0.2, 0.25) is 0 Å². The van der Waals surface area contributed by atoms with Crippen LogP contribution in [0, 0.1) is 13.8 Å². The number of hydrogen-bond acceptors (Lipinski definition) is 2. The maximum atomic E-state index is 11.0. The lowest BCUT2D eigenvalue weighted by atomic mass is 9.69. The number of benzene rings is 2. The summed E-state index contributed by atoms with van der Waals surface area (Å²) in [5.74, 6) is -0.749. The molecule has 0 saturated heterocycles. The van der Waals surface area contributed by atoms with Crippen molar-refractivity contribution in [1.29, 1.82) is 0 Å². The molecule has 0 aliphatic heterocycles. The number of carboxylic acid groups (broad SMARTS) is 1. The summed E-state index contributed by atoms with van der Waals surface area (Å²) >= 11 is 0. The number of hydrogen-bond donors (Lipinski definition) is 2. The Morgan fingerprint density at radius 3 is 1.85 bits per heavy atom. The molecule has 2 aromatic carbocycles. The van der Waals surface area contributed by atoms with Crippen molar-refractivity contribution < 1.29 is 15.0 Å². The average Bonchev–Trinajstić information content (AvgIpc) is 2.79. The number of carbonyl (C=O) groups is 1. The molecule has 2 N–H and O–H groups in total. The van der Waals surface area contributed by atoms with E-state index in [0.29, 0.717) is 6.42 Å². The van der Waals surface area contributed by atoms with Gasteiger partial charge in [-0.05, 0) is 92.2 Å². The van der Waals surface area contributed by atoms with Gasteiger partial charge in [0.05, 0.1) is 5.60 Å². The van der Waals surface area contributed by atoms with E-state index in [-0.39, 0.29) is 11.8 Å². The first kappa shape index (κ1) is 25.5. The van der Waals surface area contributed by atoms with Crippen molar-refractivity contribution in [2.45, 2.75) is 109 Å². The van der Waals surface area contributed by atoms with Crippen LogP contribution in [0.3, 0.4) is 0 Å². The number of rotatable bonds is 10. The maximum Gasteiger partial charge on any atom is 0.303 e. The first-order valence-electron chi connectivity index (χ1n) is 12.9. The zero-order chi connectivity index (χ0) is 24.1. The second-order valence-electron chi connectivity index (χ2n) is 10.3. The standard InChI is InChI=1S/C30H42O3/c1-5-30(6-2,26-13-10-24(22(3)20-26)12-15-28(31)32)27-14-11-25(23(4)21-27)16-19-29(33)17-8-7-9-18-29/h10-11,13-14,20-21,33H,5-9,12,15-19H2,1-4H3,(H,31,32). The number of carboxylic acids is 1. The van der Waals surface area contributed by atoms with Crippen LogP contribution in [0.1, 0.15) is 105 Å². The molecule has 1 fully saturated rings. The third-order valence-electron chi connectivity index (χ3n) is 8.25. The SMILES string of the molecule is CCC(CC)(c1ccc(CCC(=O)O)c(C)c1)c1ccc(CCC2(O)CCCCC2)c(C)c1. The molecule has 1 saturated carbocycles. The monoisotopic (exact) mass is 450 g/mol. The molecule has 1 aliphatic rings. The summed E-state index contributed by atoms with van der Waals surface area (Å²) in [5, 5.41) is 20.0. The molecular weight excluding hydrogens is 408 g/mol. The molecule has 0 aromatic heterocycles. The molecule has 180 valence electrons. The van der Waals surface area contributed by atoms with E-state index in [1.165, 1.54) is 34.2 Å². The van der Waals surface area contributed by atoms with Gasteiger partial charge in [0.15, 0.2) is 0 Å². The molecule has 0 atom stereocenters. The predicted octanol–water partition coefficient (Wildman–Crippen LogP) is 7.05. The maximum absolute atomic E-state index is 11.0. The second-order valence-corrected chi connectivity index (χ2v) is 10.3. The Morgan fingerprint density at radius 2 is 1.39 bits per heavy atom. The first-order chi connectivity index (χ1) is 15.7. The molecule has 1 aliphatic carbocycles. The summed E-state index contributed by atoms with van der Waals surface area (Å²) in [4.78, 5) is 11.0. The zero-order valence-corrected chi connectivity index (χ0v) is 21.0. The Balaban J connectivity index is 1.84. The van der Waals surface area contributed by atoms with Gasteiger partial charge in [0.25, 0.3) is 0 Å². The fraction of sp³-hybridized carbons (Fsp3) is 0.567. The van der Waals surface area contributed by atoms with Crippen molar-refractivity contribution in [2.24, 2.45) is 0 Å². The smallest absolute Gasteiger partial charge is 0.303 e. The lowest BCUT2D eigenvalue weighted by Crippen LogP contribution is -2.31. The zero-order valence-electron chi connectivity index (χ0n) is 21.0. The van der Waals surface area contributed by atoms with Gasteiger partial charge in [0.1, 0.15) is 0 Å². The van der Waals surface area contributed by atoms with Crippen molar-refractivity contribution >= 4 is 5.97 Å². The van der Waals surface area contributed by atoms with E-state index in [1.807, 2.05) is 0 Å². The van der Waals surface area contributed by atoms with Gasteiger partial charge in [-0.15, -0.1) is 0 Å². The molecular formula is C30H42O3. The number of aryl methyl sites for hydroxylation is 4. The molecule has 3 rings (SSSR count). The highest BCUT2D eigenvalue weighted by Crippen LogP contribution is 2.40. The highest BCUT2D eigenvalue weighted by Gasteiger charge is 2.32. The van der Waals surface area contributed by atoms with Crippen LogP contribution < -0.4 is 0 Å². The largest absolute Gasteiger partial charge is 0.481 e. The van der Waals surface area contributed by atoms with Crippen LogP contribution in [0.2, 0.25) is 0 Å². The van der Waals surface area contributed by atoms with Gasteiger partial charge in [-0.3, -0.25) is 4.79 Å². The summed E-state index contributed by atoms with van der Waals surface area (Å²) < 4.78 is 0.